The number of hydrogen-bond acceptors (Lipinski definition) is 9. The molecule has 1 aromatic rings. The van der Waals surface area contributed by atoms with Crippen LogP contribution in [0.1, 0.15) is 23.7 Å². The van der Waals surface area contributed by atoms with Gasteiger partial charge >= 0.3 is 5.97 Å². The zero-order chi connectivity index (χ0) is 24.0. The minimum Gasteiger partial charge on any atom is -0.507 e. The molecule has 0 unspecified atom stereocenters. The molecule has 1 aromatic carbocycles. The molecule has 0 fully saturated rings. The van der Waals surface area contributed by atoms with Crippen molar-refractivity contribution in [1.29, 1.82) is 0 Å². The molecule has 0 bridgehead atoms. The number of methoxy groups -OCH3 is 1. The molecule has 1 amide bonds. The third-order valence-corrected chi connectivity index (χ3v) is 5.24. The zero-order valence-corrected chi connectivity index (χ0v) is 19.4. The molecule has 0 radical (unpaired) electrons. The summed E-state index contributed by atoms with van der Waals surface area (Å²) in [5.41, 5.74) is 2.26. The van der Waals surface area contributed by atoms with E-state index in [0.29, 0.717) is 18.5 Å². The van der Waals surface area contributed by atoms with Crippen LogP contribution in [0.25, 0.3) is 0 Å². The van der Waals surface area contributed by atoms with E-state index in [1.807, 2.05) is 6.26 Å². The van der Waals surface area contributed by atoms with Crippen molar-refractivity contribution in [3.8, 4) is 17.2 Å². The highest BCUT2D eigenvalue weighted by Gasteiger charge is 2.33. The van der Waals surface area contributed by atoms with E-state index in [9.17, 15) is 19.5 Å². The normalized spacial score (nSPS) is 14.7. The van der Waals surface area contributed by atoms with Gasteiger partial charge in [0.2, 0.25) is 0 Å². The van der Waals surface area contributed by atoms with Gasteiger partial charge in [-0.2, -0.15) is 4.40 Å². The molecule has 10 heteroatoms. The number of phenols is 1. The molecule has 0 spiro atoms. The average Bonchev–Trinajstić information content (AvgIpc) is 3.10. The van der Waals surface area contributed by atoms with Gasteiger partial charge in [0.1, 0.15) is 22.8 Å². The summed E-state index contributed by atoms with van der Waals surface area (Å²) in [6.45, 7) is 1.62. The van der Waals surface area contributed by atoms with Gasteiger partial charge in [-0.1, -0.05) is 0 Å². The first-order valence-electron chi connectivity index (χ1n) is 10.1. The van der Waals surface area contributed by atoms with Crippen LogP contribution in [0.4, 0.5) is 0 Å². The monoisotopic (exact) mass is 472 g/mol. The van der Waals surface area contributed by atoms with E-state index in [1.165, 1.54) is 36.1 Å². The molecule has 9 nitrogen and oxygen atoms in total. The molecule has 33 heavy (non-hydrogen) atoms. The highest BCUT2D eigenvalue weighted by atomic mass is 32.2. The largest absolute Gasteiger partial charge is 0.507 e. The van der Waals surface area contributed by atoms with Gasteiger partial charge in [0.15, 0.2) is 12.4 Å². The van der Waals surface area contributed by atoms with Crippen LogP contribution in [0.2, 0.25) is 0 Å². The van der Waals surface area contributed by atoms with Crippen LogP contribution >= 0.6 is 11.9 Å². The van der Waals surface area contributed by atoms with Crippen LogP contribution < -0.4 is 9.47 Å². The van der Waals surface area contributed by atoms with Gasteiger partial charge in [-0.15, -0.1) is 0 Å². The lowest BCUT2D eigenvalue weighted by atomic mass is 9.97. The van der Waals surface area contributed by atoms with Gasteiger partial charge in [-0.05, 0) is 42.5 Å². The molecule has 0 aromatic heterocycles. The number of nitrogens with zero attached hydrogens (tertiary/aromatic N) is 2. The molecule has 1 aliphatic carbocycles. The maximum Gasteiger partial charge on any atom is 0.344 e. The fourth-order valence-electron chi connectivity index (χ4n) is 3.53. The maximum atomic E-state index is 13.0. The van der Waals surface area contributed by atoms with Crippen molar-refractivity contribution in [2.24, 2.45) is 4.40 Å². The van der Waals surface area contributed by atoms with Crippen molar-refractivity contribution in [2.75, 3.05) is 39.7 Å². The van der Waals surface area contributed by atoms with E-state index >= 15 is 0 Å². The Morgan fingerprint density at radius 2 is 2.09 bits per heavy atom. The Labute approximate surface area is 195 Å². The number of hydrogen-bond donors (Lipinski definition) is 1. The quantitative estimate of drug-likeness (QED) is 0.252. The van der Waals surface area contributed by atoms with Crippen molar-refractivity contribution in [2.45, 2.75) is 13.3 Å². The maximum absolute atomic E-state index is 13.0. The molecule has 0 atom stereocenters. The molecule has 1 heterocycles. The first-order valence-corrected chi connectivity index (χ1v) is 11.3. The van der Waals surface area contributed by atoms with E-state index in [0.717, 1.165) is 11.1 Å². The first-order chi connectivity index (χ1) is 15.9. The molecule has 174 valence electrons. The highest BCUT2D eigenvalue weighted by Crippen LogP contribution is 2.35. The third-order valence-electron chi connectivity index (χ3n) is 4.97. The number of benzene rings is 1. The van der Waals surface area contributed by atoms with Gasteiger partial charge < -0.3 is 24.2 Å². The number of carbonyl (C=O) groups excluding carboxylic acids is 3. The smallest absolute Gasteiger partial charge is 0.344 e. The average molecular weight is 473 g/mol. The number of ketones is 1. The van der Waals surface area contributed by atoms with Gasteiger partial charge in [0.05, 0.1) is 20.3 Å². The van der Waals surface area contributed by atoms with E-state index in [1.54, 1.807) is 19.1 Å². The Kier molecular flexibility index (Phi) is 7.97. The van der Waals surface area contributed by atoms with Crippen molar-refractivity contribution in [3.05, 3.63) is 46.6 Å². The summed E-state index contributed by atoms with van der Waals surface area (Å²) >= 11 is 1.29. The number of esters is 1. The summed E-state index contributed by atoms with van der Waals surface area (Å²) in [4.78, 5) is 38.7. The van der Waals surface area contributed by atoms with E-state index in [4.69, 9.17) is 14.2 Å². The molecule has 3 rings (SSSR count). The van der Waals surface area contributed by atoms with Crippen molar-refractivity contribution < 1.29 is 33.7 Å². The van der Waals surface area contributed by atoms with Gasteiger partial charge in [0.25, 0.3) is 5.91 Å². The standard InChI is InChI=1S/C23H24N2O7S/c1-4-31-21(28)13-32-16-8-18(26)22(20(9-16)30-2)19(27)12-25-11-15-7-14(10-24-33-3)5-6-17(15)23(25)29/h5-6,8-9,26H,4,7,11-13H2,1-3H3. The molecule has 2 aliphatic rings. The summed E-state index contributed by atoms with van der Waals surface area (Å²) in [5, 5.41) is 10.5. The second-order valence-corrected chi connectivity index (χ2v) is 7.68. The van der Waals surface area contributed by atoms with E-state index in [-0.39, 0.29) is 48.5 Å². The molecule has 0 saturated heterocycles. The number of aromatic hydroxyl groups is 1. The van der Waals surface area contributed by atoms with Crippen molar-refractivity contribution in [3.63, 3.8) is 0 Å². The number of Topliss-reactive ketones (excluding diaryl/α,β-unsaturated/α-hetero) is 1. The Morgan fingerprint density at radius 3 is 2.79 bits per heavy atom. The number of phenolic OH excluding ortho intramolecular Hbond substituents is 1. The molecular weight excluding hydrogens is 448 g/mol. The fourth-order valence-corrected chi connectivity index (χ4v) is 3.74. The third kappa shape index (κ3) is 5.66. The van der Waals surface area contributed by atoms with Crippen LogP contribution in [0.15, 0.2) is 45.4 Å². The summed E-state index contributed by atoms with van der Waals surface area (Å²) < 4.78 is 19.4. The number of rotatable bonds is 9. The second kappa shape index (κ2) is 10.9. The lowest BCUT2D eigenvalue weighted by molar-refractivity contribution is -0.145. The van der Waals surface area contributed by atoms with Crippen molar-refractivity contribution in [1.82, 2.24) is 4.90 Å². The van der Waals surface area contributed by atoms with Gasteiger partial charge in [0, 0.05) is 42.5 Å². The number of allylic oxidation sites excluding steroid dienone is 2. The zero-order valence-electron chi connectivity index (χ0n) is 18.5. The SMILES string of the molecule is CCOC(=O)COc1cc(O)c(C(=O)CN2CC3=C(C=CC(=C=NSC)C3)C2=O)c(OC)c1. The summed E-state index contributed by atoms with van der Waals surface area (Å²) in [5.74, 6) is 1.47. The van der Waals surface area contributed by atoms with Gasteiger partial charge in [-0.25, -0.2) is 4.79 Å². The Balaban J connectivity index is 1.72. The Hall–Kier alpha value is -3.49. The predicted octanol–water partition coefficient (Wildman–Crippen LogP) is 2.50. The summed E-state index contributed by atoms with van der Waals surface area (Å²) in [7, 11) is 1.34. The van der Waals surface area contributed by atoms with E-state index < -0.39 is 11.8 Å². The molecule has 0 saturated carbocycles. The molecule has 1 aliphatic heterocycles. The van der Waals surface area contributed by atoms with Crippen LogP contribution in [0.3, 0.4) is 0 Å². The minimum atomic E-state index is -0.563. The Morgan fingerprint density at radius 1 is 1.30 bits per heavy atom. The van der Waals surface area contributed by atoms with Crippen LogP contribution in [0, 0.1) is 0 Å². The van der Waals surface area contributed by atoms with Crippen LogP contribution in [0.5, 0.6) is 17.2 Å². The van der Waals surface area contributed by atoms with E-state index in [2.05, 4.69) is 10.3 Å². The first kappa shape index (κ1) is 24.2. The lowest BCUT2D eigenvalue weighted by Gasteiger charge is -2.18. The highest BCUT2D eigenvalue weighted by molar-refractivity contribution is 7.97. The number of amides is 1. The summed E-state index contributed by atoms with van der Waals surface area (Å²) in [6.07, 6.45) is 5.89. The fraction of sp³-hybridized carbons (Fsp3) is 0.348. The topological polar surface area (TPSA) is 115 Å². The molecule has 1 N–H and O–H groups in total. The molecular formula is C23H24N2O7S. The van der Waals surface area contributed by atoms with Crippen LogP contribution in [-0.2, 0) is 14.3 Å². The Bertz CT molecular complexity index is 1100. The number of carbonyl (C=O) groups is 3. The lowest BCUT2D eigenvalue weighted by Crippen LogP contribution is -2.32. The number of ether oxygens (including phenoxy) is 3. The van der Waals surface area contributed by atoms with Crippen LogP contribution in [-0.4, -0.2) is 73.2 Å². The minimum absolute atomic E-state index is 0.0677. The second-order valence-electron chi connectivity index (χ2n) is 7.14. The van der Waals surface area contributed by atoms with Crippen molar-refractivity contribution >= 4 is 35.5 Å². The van der Waals surface area contributed by atoms with Gasteiger partial charge in [-0.3, -0.25) is 9.59 Å². The predicted molar refractivity (Wildman–Crippen MR) is 123 cm³/mol. The summed E-state index contributed by atoms with van der Waals surface area (Å²) in [6, 6.07) is 2.61.